The van der Waals surface area contributed by atoms with E-state index in [0.717, 1.165) is 22.2 Å². The van der Waals surface area contributed by atoms with Gasteiger partial charge in [-0.2, -0.15) is 5.26 Å². The highest BCUT2D eigenvalue weighted by atomic mass is 79.9. The predicted molar refractivity (Wildman–Crippen MR) is 64.8 cm³/mol. The van der Waals surface area contributed by atoms with Gasteiger partial charge >= 0.3 is 0 Å². The minimum absolute atomic E-state index is 0.370. The molecule has 4 heteroatoms. The minimum Gasteiger partial charge on any atom is -0.347 e. The van der Waals surface area contributed by atoms with E-state index in [2.05, 4.69) is 15.9 Å². The third-order valence-corrected chi connectivity index (χ3v) is 3.84. The van der Waals surface area contributed by atoms with E-state index in [4.69, 9.17) is 5.26 Å². The van der Waals surface area contributed by atoms with Crippen LogP contribution in [-0.2, 0) is 7.05 Å². The first kappa shape index (κ1) is 11.2. The van der Waals surface area contributed by atoms with Crippen molar-refractivity contribution in [2.24, 2.45) is 7.05 Å². The maximum atomic E-state index is 13.6. The summed E-state index contributed by atoms with van der Waals surface area (Å²) >= 11 is 3.24. The number of fused-ring (bicyclic) bond motifs is 1. The molecule has 0 aliphatic heterocycles. The van der Waals surface area contributed by atoms with E-state index < -0.39 is 5.82 Å². The molecule has 2 rings (SSSR count). The van der Waals surface area contributed by atoms with Crippen LogP contribution < -0.4 is 0 Å². The SMILES string of the molecule is Cc1c(C)n(C)c2c(C#N)cc(F)c(Br)c12. The summed E-state index contributed by atoms with van der Waals surface area (Å²) in [5, 5.41) is 9.82. The molecular formula is C12H10BrFN2. The van der Waals surface area contributed by atoms with Crippen LogP contribution in [0.4, 0.5) is 4.39 Å². The molecule has 0 unspecified atom stereocenters. The molecule has 0 spiro atoms. The zero-order valence-corrected chi connectivity index (χ0v) is 10.8. The van der Waals surface area contributed by atoms with Crippen molar-refractivity contribution in [3.05, 3.63) is 33.2 Å². The molecule has 2 aromatic rings. The van der Waals surface area contributed by atoms with Crippen LogP contribution in [-0.4, -0.2) is 4.57 Å². The lowest BCUT2D eigenvalue weighted by molar-refractivity contribution is 0.623. The highest BCUT2D eigenvalue weighted by Gasteiger charge is 2.17. The lowest BCUT2D eigenvalue weighted by Gasteiger charge is -2.03. The zero-order valence-electron chi connectivity index (χ0n) is 9.23. The van der Waals surface area contributed by atoms with Gasteiger partial charge in [0.25, 0.3) is 0 Å². The topological polar surface area (TPSA) is 28.7 Å². The smallest absolute Gasteiger partial charge is 0.139 e. The van der Waals surface area contributed by atoms with Gasteiger partial charge < -0.3 is 4.57 Å². The summed E-state index contributed by atoms with van der Waals surface area (Å²) in [4.78, 5) is 0. The number of nitrogens with zero attached hydrogens (tertiary/aromatic N) is 2. The lowest BCUT2D eigenvalue weighted by atomic mass is 10.1. The molecule has 82 valence electrons. The number of nitriles is 1. The van der Waals surface area contributed by atoms with Gasteiger partial charge in [-0.15, -0.1) is 0 Å². The van der Waals surface area contributed by atoms with Gasteiger partial charge in [0.2, 0.25) is 0 Å². The molecule has 1 aromatic heterocycles. The molecule has 0 aliphatic rings. The Hall–Kier alpha value is -1.34. The number of rotatable bonds is 0. The highest BCUT2D eigenvalue weighted by molar-refractivity contribution is 9.10. The van der Waals surface area contributed by atoms with E-state index in [1.807, 2.05) is 31.5 Å². The summed E-state index contributed by atoms with van der Waals surface area (Å²) in [6.07, 6.45) is 0. The Morgan fingerprint density at radius 1 is 1.44 bits per heavy atom. The second-order valence-corrected chi connectivity index (χ2v) is 4.62. The molecule has 0 radical (unpaired) electrons. The average Bonchev–Trinajstić information content (AvgIpc) is 2.49. The predicted octanol–water partition coefficient (Wildman–Crippen LogP) is 3.57. The maximum absolute atomic E-state index is 13.6. The van der Waals surface area contributed by atoms with Crippen molar-refractivity contribution < 1.29 is 4.39 Å². The van der Waals surface area contributed by atoms with Crippen molar-refractivity contribution in [2.45, 2.75) is 13.8 Å². The van der Waals surface area contributed by atoms with Crippen LogP contribution in [0.15, 0.2) is 10.5 Å². The first-order chi connectivity index (χ1) is 7.49. The van der Waals surface area contributed by atoms with Crippen molar-refractivity contribution in [1.82, 2.24) is 4.57 Å². The Kier molecular flexibility index (Phi) is 2.51. The molecule has 0 aliphatic carbocycles. The summed E-state index contributed by atoms with van der Waals surface area (Å²) < 4.78 is 16.0. The van der Waals surface area contributed by atoms with Crippen LogP contribution >= 0.6 is 15.9 Å². The molecule has 0 atom stereocenters. The molecule has 0 bridgehead atoms. The summed E-state index contributed by atoms with van der Waals surface area (Å²) in [6, 6.07) is 3.31. The van der Waals surface area contributed by atoms with Gasteiger partial charge in [0.05, 0.1) is 15.6 Å². The summed E-state index contributed by atoms with van der Waals surface area (Å²) in [6.45, 7) is 3.89. The molecule has 0 amide bonds. The van der Waals surface area contributed by atoms with E-state index in [1.54, 1.807) is 0 Å². The van der Waals surface area contributed by atoms with Crippen LogP contribution in [0, 0.1) is 31.0 Å². The van der Waals surface area contributed by atoms with Gasteiger partial charge in [-0.1, -0.05) is 0 Å². The van der Waals surface area contributed by atoms with Gasteiger partial charge in [-0.25, -0.2) is 4.39 Å². The van der Waals surface area contributed by atoms with Crippen molar-refractivity contribution in [1.29, 1.82) is 5.26 Å². The average molecular weight is 281 g/mol. The molecule has 16 heavy (non-hydrogen) atoms. The number of aromatic nitrogens is 1. The summed E-state index contributed by atoms with van der Waals surface area (Å²) in [5.41, 5.74) is 3.19. The molecule has 0 fully saturated rings. The van der Waals surface area contributed by atoms with E-state index in [9.17, 15) is 4.39 Å². The largest absolute Gasteiger partial charge is 0.347 e. The molecular weight excluding hydrogens is 271 g/mol. The minimum atomic E-state index is -0.391. The fraction of sp³-hybridized carbons (Fsp3) is 0.250. The Labute approximate surface area is 101 Å². The molecule has 0 saturated carbocycles. The summed E-state index contributed by atoms with van der Waals surface area (Å²) in [5.74, 6) is -0.391. The Morgan fingerprint density at radius 2 is 2.06 bits per heavy atom. The number of hydrogen-bond donors (Lipinski definition) is 0. The van der Waals surface area contributed by atoms with Crippen LogP contribution in [0.5, 0.6) is 0 Å². The molecule has 0 N–H and O–H groups in total. The van der Waals surface area contributed by atoms with Gasteiger partial charge in [-0.05, 0) is 41.4 Å². The van der Waals surface area contributed by atoms with Crippen molar-refractivity contribution >= 4 is 26.8 Å². The van der Waals surface area contributed by atoms with Crippen LogP contribution in [0.1, 0.15) is 16.8 Å². The number of benzene rings is 1. The van der Waals surface area contributed by atoms with Crippen LogP contribution in [0.3, 0.4) is 0 Å². The molecule has 2 nitrogen and oxygen atoms in total. The van der Waals surface area contributed by atoms with E-state index in [1.165, 1.54) is 6.07 Å². The van der Waals surface area contributed by atoms with E-state index >= 15 is 0 Å². The first-order valence-electron chi connectivity index (χ1n) is 4.82. The fourth-order valence-electron chi connectivity index (χ4n) is 1.99. The van der Waals surface area contributed by atoms with Gasteiger partial charge in [0, 0.05) is 18.1 Å². The summed E-state index contributed by atoms with van der Waals surface area (Å²) in [7, 11) is 1.88. The van der Waals surface area contributed by atoms with Gasteiger partial charge in [0.15, 0.2) is 0 Å². The fourth-order valence-corrected chi connectivity index (χ4v) is 2.59. The van der Waals surface area contributed by atoms with Crippen LogP contribution in [0.2, 0.25) is 0 Å². The molecule has 1 heterocycles. The standard InChI is InChI=1S/C12H10BrFN2/c1-6-7(2)16(3)12-8(5-15)4-9(14)11(13)10(6)12/h4H,1-3H3. The van der Waals surface area contributed by atoms with Gasteiger partial charge in [0.1, 0.15) is 11.9 Å². The third-order valence-electron chi connectivity index (χ3n) is 3.07. The lowest BCUT2D eigenvalue weighted by Crippen LogP contribution is -1.93. The molecule has 0 saturated heterocycles. The van der Waals surface area contributed by atoms with Gasteiger partial charge in [-0.3, -0.25) is 0 Å². The van der Waals surface area contributed by atoms with Crippen molar-refractivity contribution in [3.63, 3.8) is 0 Å². The maximum Gasteiger partial charge on any atom is 0.139 e. The van der Waals surface area contributed by atoms with E-state index in [0.29, 0.717) is 10.0 Å². The number of hydrogen-bond acceptors (Lipinski definition) is 1. The number of aryl methyl sites for hydroxylation is 2. The monoisotopic (exact) mass is 280 g/mol. The Morgan fingerprint density at radius 3 is 2.62 bits per heavy atom. The van der Waals surface area contributed by atoms with Crippen molar-refractivity contribution in [2.75, 3.05) is 0 Å². The number of halogens is 2. The normalized spacial score (nSPS) is 10.8. The van der Waals surface area contributed by atoms with E-state index in [-0.39, 0.29) is 0 Å². The Bertz CT molecular complexity index is 635. The third kappa shape index (κ3) is 1.28. The zero-order chi connectivity index (χ0) is 12.0. The molecule has 1 aromatic carbocycles. The quantitative estimate of drug-likeness (QED) is 0.725. The van der Waals surface area contributed by atoms with Crippen LogP contribution in [0.25, 0.3) is 10.9 Å². The Balaban J connectivity index is 3.13. The first-order valence-corrected chi connectivity index (χ1v) is 5.62. The highest BCUT2D eigenvalue weighted by Crippen LogP contribution is 2.34. The second-order valence-electron chi connectivity index (χ2n) is 3.82. The second kappa shape index (κ2) is 3.60. The van der Waals surface area contributed by atoms with Crippen molar-refractivity contribution in [3.8, 4) is 6.07 Å².